The minimum absolute atomic E-state index is 0.447. The van der Waals surface area contributed by atoms with Gasteiger partial charge in [0.05, 0.1) is 7.11 Å². The standard InChI is InChI=1S/C13H14O3/c1-13(2)7-9(8-14)11-6-10(15-3)4-5-12(11)16-13/h4-8H,1-3H3. The van der Waals surface area contributed by atoms with Gasteiger partial charge >= 0.3 is 0 Å². The van der Waals surface area contributed by atoms with E-state index in [0.717, 1.165) is 23.3 Å². The Morgan fingerprint density at radius 3 is 2.75 bits per heavy atom. The molecule has 0 radical (unpaired) electrons. The Morgan fingerprint density at radius 1 is 1.38 bits per heavy atom. The molecule has 0 spiro atoms. The van der Waals surface area contributed by atoms with Crippen LogP contribution in [0.3, 0.4) is 0 Å². The minimum Gasteiger partial charge on any atom is -0.497 e. The largest absolute Gasteiger partial charge is 0.497 e. The van der Waals surface area contributed by atoms with E-state index in [1.165, 1.54) is 0 Å². The highest BCUT2D eigenvalue weighted by Crippen LogP contribution is 2.37. The van der Waals surface area contributed by atoms with Crippen LogP contribution in [0.15, 0.2) is 24.3 Å². The first-order chi connectivity index (χ1) is 7.55. The van der Waals surface area contributed by atoms with Crippen molar-refractivity contribution >= 4 is 11.9 Å². The number of hydrogen-bond donors (Lipinski definition) is 0. The number of fused-ring (bicyclic) bond motifs is 1. The summed E-state index contributed by atoms with van der Waals surface area (Å²) in [6, 6.07) is 5.46. The van der Waals surface area contributed by atoms with E-state index in [1.807, 2.05) is 38.1 Å². The monoisotopic (exact) mass is 218 g/mol. The number of rotatable bonds is 2. The molecule has 0 saturated carbocycles. The number of benzene rings is 1. The van der Waals surface area contributed by atoms with Crippen molar-refractivity contribution in [3.05, 3.63) is 29.8 Å². The number of carbonyl (C=O) groups excluding carboxylic acids is 1. The third-order valence-electron chi connectivity index (χ3n) is 2.50. The maximum atomic E-state index is 11.0. The summed E-state index contributed by atoms with van der Waals surface area (Å²) in [5.41, 5.74) is 0.983. The molecule has 0 unspecified atom stereocenters. The summed E-state index contributed by atoms with van der Waals surface area (Å²) in [4.78, 5) is 11.0. The number of ether oxygens (including phenoxy) is 2. The lowest BCUT2D eigenvalue weighted by atomic mass is 9.95. The van der Waals surface area contributed by atoms with Crippen molar-refractivity contribution in [2.45, 2.75) is 19.4 Å². The van der Waals surface area contributed by atoms with Gasteiger partial charge in [-0.05, 0) is 38.1 Å². The molecular weight excluding hydrogens is 204 g/mol. The summed E-state index contributed by atoms with van der Waals surface area (Å²) in [6.45, 7) is 3.84. The number of hydrogen-bond acceptors (Lipinski definition) is 3. The van der Waals surface area contributed by atoms with Gasteiger partial charge in [-0.15, -0.1) is 0 Å². The molecule has 1 aliphatic heterocycles. The van der Waals surface area contributed by atoms with Crippen LogP contribution < -0.4 is 9.47 Å². The lowest BCUT2D eigenvalue weighted by molar-refractivity contribution is -0.103. The van der Waals surface area contributed by atoms with Gasteiger partial charge in [0.25, 0.3) is 0 Å². The zero-order valence-corrected chi connectivity index (χ0v) is 9.61. The highest BCUT2D eigenvalue weighted by Gasteiger charge is 2.26. The van der Waals surface area contributed by atoms with Crippen LogP contribution >= 0.6 is 0 Å². The van der Waals surface area contributed by atoms with Crippen molar-refractivity contribution in [1.82, 2.24) is 0 Å². The Hall–Kier alpha value is -1.77. The average molecular weight is 218 g/mol. The molecule has 1 heterocycles. The SMILES string of the molecule is COc1ccc2c(c1)C(C=O)=CC(C)(C)O2. The summed E-state index contributed by atoms with van der Waals surface area (Å²) in [7, 11) is 1.60. The van der Waals surface area contributed by atoms with Crippen molar-refractivity contribution in [1.29, 1.82) is 0 Å². The molecule has 16 heavy (non-hydrogen) atoms. The second-order valence-electron chi connectivity index (χ2n) is 4.29. The van der Waals surface area contributed by atoms with Gasteiger partial charge in [0.15, 0.2) is 6.29 Å². The van der Waals surface area contributed by atoms with Gasteiger partial charge in [0.1, 0.15) is 17.1 Å². The van der Waals surface area contributed by atoms with Gasteiger partial charge in [0.2, 0.25) is 0 Å². The van der Waals surface area contributed by atoms with Crippen molar-refractivity contribution in [3.63, 3.8) is 0 Å². The number of methoxy groups -OCH3 is 1. The Bertz CT molecular complexity index is 458. The fraction of sp³-hybridized carbons (Fsp3) is 0.308. The molecular formula is C13H14O3. The molecule has 0 saturated heterocycles. The maximum absolute atomic E-state index is 11.0. The summed E-state index contributed by atoms with van der Waals surface area (Å²) >= 11 is 0. The van der Waals surface area contributed by atoms with E-state index < -0.39 is 5.60 Å². The van der Waals surface area contributed by atoms with Crippen LogP contribution in [0.1, 0.15) is 19.4 Å². The third-order valence-corrected chi connectivity index (χ3v) is 2.50. The number of allylic oxidation sites excluding steroid dienone is 1. The first-order valence-corrected chi connectivity index (χ1v) is 5.11. The minimum atomic E-state index is -0.447. The van der Waals surface area contributed by atoms with Crippen LogP contribution in [0.5, 0.6) is 11.5 Å². The van der Waals surface area contributed by atoms with Crippen molar-refractivity contribution in [2.75, 3.05) is 7.11 Å². The predicted molar refractivity (Wildman–Crippen MR) is 61.7 cm³/mol. The Morgan fingerprint density at radius 2 is 2.12 bits per heavy atom. The van der Waals surface area contributed by atoms with Gasteiger partial charge in [0, 0.05) is 11.1 Å². The molecule has 0 N–H and O–H groups in total. The van der Waals surface area contributed by atoms with Gasteiger partial charge in [-0.2, -0.15) is 0 Å². The van der Waals surface area contributed by atoms with E-state index in [2.05, 4.69) is 0 Å². The molecule has 0 aliphatic carbocycles. The number of aldehydes is 1. The topological polar surface area (TPSA) is 35.5 Å². The van der Waals surface area contributed by atoms with E-state index in [9.17, 15) is 4.79 Å². The molecule has 2 rings (SSSR count). The molecule has 0 fully saturated rings. The normalized spacial score (nSPS) is 16.8. The van der Waals surface area contributed by atoms with E-state index in [0.29, 0.717) is 5.57 Å². The lowest BCUT2D eigenvalue weighted by Gasteiger charge is -2.29. The number of carbonyl (C=O) groups is 1. The van der Waals surface area contributed by atoms with E-state index >= 15 is 0 Å². The van der Waals surface area contributed by atoms with E-state index in [4.69, 9.17) is 9.47 Å². The van der Waals surface area contributed by atoms with Gasteiger partial charge in [-0.3, -0.25) is 4.79 Å². The second kappa shape index (κ2) is 3.67. The highest BCUT2D eigenvalue weighted by molar-refractivity contribution is 6.09. The molecule has 0 aromatic heterocycles. The van der Waals surface area contributed by atoms with Crippen LogP contribution in [-0.2, 0) is 4.79 Å². The lowest BCUT2D eigenvalue weighted by Crippen LogP contribution is -2.29. The molecule has 0 atom stereocenters. The van der Waals surface area contributed by atoms with Crippen molar-refractivity contribution < 1.29 is 14.3 Å². The molecule has 3 nitrogen and oxygen atoms in total. The van der Waals surface area contributed by atoms with Crippen LogP contribution in [0, 0.1) is 0 Å². The Labute approximate surface area is 94.7 Å². The molecule has 84 valence electrons. The van der Waals surface area contributed by atoms with Crippen LogP contribution in [0.4, 0.5) is 0 Å². The quantitative estimate of drug-likeness (QED) is 0.715. The molecule has 1 aliphatic rings. The summed E-state index contributed by atoms with van der Waals surface area (Å²) in [5.74, 6) is 1.44. The zero-order valence-electron chi connectivity index (χ0n) is 9.61. The third kappa shape index (κ3) is 1.81. The smallest absolute Gasteiger partial charge is 0.150 e. The molecule has 3 heteroatoms. The highest BCUT2D eigenvalue weighted by atomic mass is 16.5. The molecule has 0 bridgehead atoms. The fourth-order valence-corrected chi connectivity index (χ4v) is 1.81. The first-order valence-electron chi connectivity index (χ1n) is 5.11. The molecule has 1 aromatic carbocycles. The summed E-state index contributed by atoms with van der Waals surface area (Å²) in [5, 5.41) is 0. The fourth-order valence-electron chi connectivity index (χ4n) is 1.81. The van der Waals surface area contributed by atoms with Crippen LogP contribution in [0.2, 0.25) is 0 Å². The second-order valence-corrected chi connectivity index (χ2v) is 4.29. The van der Waals surface area contributed by atoms with Crippen LogP contribution in [0.25, 0.3) is 5.57 Å². The maximum Gasteiger partial charge on any atom is 0.150 e. The molecule has 0 amide bonds. The predicted octanol–water partition coefficient (Wildman–Crippen LogP) is 2.45. The zero-order chi connectivity index (χ0) is 11.8. The Balaban J connectivity index is 2.56. The van der Waals surface area contributed by atoms with Gasteiger partial charge in [-0.25, -0.2) is 0 Å². The average Bonchev–Trinajstić information content (AvgIpc) is 2.26. The first kappa shape index (κ1) is 10.7. The van der Waals surface area contributed by atoms with Gasteiger partial charge in [-0.1, -0.05) is 0 Å². The van der Waals surface area contributed by atoms with Crippen molar-refractivity contribution in [2.24, 2.45) is 0 Å². The van der Waals surface area contributed by atoms with E-state index in [1.54, 1.807) is 7.11 Å². The van der Waals surface area contributed by atoms with Gasteiger partial charge < -0.3 is 9.47 Å². The molecule has 1 aromatic rings. The van der Waals surface area contributed by atoms with Crippen LogP contribution in [-0.4, -0.2) is 19.0 Å². The summed E-state index contributed by atoms with van der Waals surface area (Å²) in [6.07, 6.45) is 2.67. The Kier molecular flexibility index (Phi) is 2.46. The summed E-state index contributed by atoms with van der Waals surface area (Å²) < 4.78 is 10.9. The van der Waals surface area contributed by atoms with E-state index in [-0.39, 0.29) is 0 Å². The van der Waals surface area contributed by atoms with Crippen molar-refractivity contribution in [3.8, 4) is 11.5 Å².